The Labute approximate surface area is 219 Å². The Morgan fingerprint density at radius 1 is 1.18 bits per heavy atom. The third kappa shape index (κ3) is 6.59. The number of nitrogens with one attached hydrogen (secondary N) is 1. The second-order valence-electron chi connectivity index (χ2n) is 6.93. The first-order valence-electron chi connectivity index (χ1n) is 10.3. The van der Waals surface area contributed by atoms with Crippen LogP contribution in [0.15, 0.2) is 50.2 Å². The van der Waals surface area contributed by atoms with Crippen LogP contribution in [0.3, 0.4) is 0 Å². The highest BCUT2D eigenvalue weighted by molar-refractivity contribution is 9.10. The minimum Gasteiger partial charge on any atom is -0.490 e. The summed E-state index contributed by atoms with van der Waals surface area (Å²) in [6, 6.07) is 10.5. The molecule has 0 bridgehead atoms. The summed E-state index contributed by atoms with van der Waals surface area (Å²) in [5.74, 6) is 0.410. The first kappa shape index (κ1) is 25.7. The van der Waals surface area contributed by atoms with E-state index in [9.17, 15) is 9.59 Å². The number of benzene rings is 2. The van der Waals surface area contributed by atoms with Crippen LogP contribution in [-0.2, 0) is 4.79 Å². The zero-order chi connectivity index (χ0) is 24.0. The van der Waals surface area contributed by atoms with Gasteiger partial charge in [0, 0.05) is 10.0 Å². The Hall–Kier alpha value is -1.88. The van der Waals surface area contributed by atoms with Crippen LogP contribution in [0.1, 0.15) is 42.6 Å². The lowest BCUT2D eigenvalue weighted by atomic mass is 10.2. The molecule has 0 aliphatic carbocycles. The molecule has 1 aliphatic rings. The molecule has 0 aromatic heterocycles. The van der Waals surface area contributed by atoms with Crippen molar-refractivity contribution in [1.29, 1.82) is 0 Å². The van der Waals surface area contributed by atoms with Crippen LogP contribution in [0.25, 0.3) is 6.08 Å². The van der Waals surface area contributed by atoms with E-state index >= 15 is 0 Å². The Morgan fingerprint density at radius 2 is 1.91 bits per heavy atom. The second-order valence-corrected chi connectivity index (χ2v) is 10.4. The van der Waals surface area contributed by atoms with Gasteiger partial charge in [-0.25, -0.2) is 0 Å². The number of hydrazine groups is 1. The Morgan fingerprint density at radius 3 is 2.58 bits per heavy atom. The molecule has 1 heterocycles. The lowest BCUT2D eigenvalue weighted by Gasteiger charge is -2.16. The van der Waals surface area contributed by atoms with Gasteiger partial charge < -0.3 is 9.47 Å². The van der Waals surface area contributed by atoms with Crippen molar-refractivity contribution >= 4 is 78.1 Å². The van der Waals surface area contributed by atoms with Gasteiger partial charge in [0.15, 0.2) is 15.8 Å². The average Bonchev–Trinajstić information content (AvgIpc) is 3.03. The number of carbonyl (C=O) groups excluding carboxylic acids is 2. The molecule has 0 saturated carbocycles. The van der Waals surface area contributed by atoms with Gasteiger partial charge in [0.05, 0.1) is 22.6 Å². The van der Waals surface area contributed by atoms with Crippen LogP contribution < -0.4 is 14.9 Å². The van der Waals surface area contributed by atoms with Gasteiger partial charge in [0.25, 0.3) is 11.8 Å². The highest BCUT2D eigenvalue weighted by atomic mass is 79.9. The van der Waals surface area contributed by atoms with Crippen LogP contribution in [0, 0.1) is 0 Å². The van der Waals surface area contributed by atoms with Crippen molar-refractivity contribution in [2.75, 3.05) is 13.2 Å². The van der Waals surface area contributed by atoms with E-state index in [-0.39, 0.29) is 4.32 Å². The van der Waals surface area contributed by atoms with E-state index < -0.39 is 11.8 Å². The van der Waals surface area contributed by atoms with Gasteiger partial charge in [-0.2, -0.15) is 5.01 Å². The molecule has 10 heteroatoms. The summed E-state index contributed by atoms with van der Waals surface area (Å²) in [5.41, 5.74) is 3.74. The normalized spacial score (nSPS) is 14.7. The van der Waals surface area contributed by atoms with E-state index in [1.807, 2.05) is 19.1 Å². The van der Waals surface area contributed by atoms with Crippen molar-refractivity contribution in [3.63, 3.8) is 0 Å². The number of unbranched alkanes of at least 4 members (excludes halogenated alkanes) is 1. The highest BCUT2D eigenvalue weighted by Crippen LogP contribution is 2.39. The molecule has 174 valence electrons. The van der Waals surface area contributed by atoms with E-state index in [1.54, 1.807) is 30.3 Å². The van der Waals surface area contributed by atoms with Crippen LogP contribution in [-0.4, -0.2) is 34.4 Å². The summed E-state index contributed by atoms with van der Waals surface area (Å²) in [5, 5.41) is 1.09. The number of hydrogen-bond acceptors (Lipinski definition) is 6. The summed E-state index contributed by atoms with van der Waals surface area (Å²) in [4.78, 5) is 25.9. The molecule has 6 nitrogen and oxygen atoms in total. The van der Waals surface area contributed by atoms with Gasteiger partial charge in [-0.05, 0) is 89.5 Å². The maximum absolute atomic E-state index is 12.9. The number of halogens is 2. The zero-order valence-corrected chi connectivity index (χ0v) is 22.8. The average molecular weight is 614 g/mol. The van der Waals surface area contributed by atoms with Crippen molar-refractivity contribution in [3.05, 3.63) is 61.4 Å². The maximum Gasteiger partial charge on any atom is 0.285 e. The SMILES string of the molecule is CCCCOc1c(Br)cc(/C=C2\SC(=S)N(NC(=O)c3ccc(Br)cc3)C2=O)cc1OCC. The molecule has 2 aromatic carbocycles. The molecular formula is C23H22Br2N2O4S2. The molecule has 0 spiro atoms. The summed E-state index contributed by atoms with van der Waals surface area (Å²) >= 11 is 13.3. The summed E-state index contributed by atoms with van der Waals surface area (Å²) in [6.45, 7) is 5.06. The van der Waals surface area contributed by atoms with Gasteiger partial charge in [-0.1, -0.05) is 41.0 Å². The number of rotatable bonds is 9. The molecule has 0 radical (unpaired) electrons. The third-order valence-corrected chi connectivity index (χ3v) is 6.91. The summed E-state index contributed by atoms with van der Waals surface area (Å²) in [6.07, 6.45) is 3.68. The number of thiocarbonyl (C=S) groups is 1. The molecule has 3 rings (SSSR count). The molecule has 2 amide bonds. The molecule has 2 aromatic rings. The van der Waals surface area contributed by atoms with Crippen LogP contribution in [0.4, 0.5) is 0 Å². The fraction of sp³-hybridized carbons (Fsp3) is 0.261. The van der Waals surface area contributed by atoms with E-state index in [0.717, 1.165) is 44.1 Å². The molecule has 1 saturated heterocycles. The molecule has 1 fully saturated rings. The first-order valence-corrected chi connectivity index (χ1v) is 13.1. The summed E-state index contributed by atoms with van der Waals surface area (Å²) < 4.78 is 13.5. The van der Waals surface area contributed by atoms with E-state index in [0.29, 0.717) is 35.2 Å². The van der Waals surface area contributed by atoms with Gasteiger partial charge in [0.1, 0.15) is 0 Å². The second kappa shape index (κ2) is 12.0. The predicted octanol–water partition coefficient (Wildman–Crippen LogP) is 6.34. The van der Waals surface area contributed by atoms with Gasteiger partial charge in [0.2, 0.25) is 0 Å². The molecule has 33 heavy (non-hydrogen) atoms. The molecular weight excluding hydrogens is 592 g/mol. The van der Waals surface area contributed by atoms with Crippen molar-refractivity contribution < 1.29 is 19.1 Å². The van der Waals surface area contributed by atoms with E-state index in [1.165, 1.54) is 0 Å². The van der Waals surface area contributed by atoms with Crippen molar-refractivity contribution in [3.8, 4) is 11.5 Å². The molecule has 0 atom stereocenters. The topological polar surface area (TPSA) is 67.9 Å². The van der Waals surface area contributed by atoms with Crippen molar-refractivity contribution in [2.45, 2.75) is 26.7 Å². The van der Waals surface area contributed by atoms with Crippen LogP contribution in [0.5, 0.6) is 11.5 Å². The van der Waals surface area contributed by atoms with Crippen LogP contribution >= 0.6 is 55.8 Å². The largest absolute Gasteiger partial charge is 0.490 e. The molecule has 1 aliphatic heterocycles. The van der Waals surface area contributed by atoms with Crippen molar-refractivity contribution in [2.24, 2.45) is 0 Å². The lowest BCUT2D eigenvalue weighted by Crippen LogP contribution is -2.44. The Bertz CT molecular complexity index is 1090. The number of hydrogen-bond donors (Lipinski definition) is 1. The maximum atomic E-state index is 12.9. The first-order chi connectivity index (χ1) is 15.8. The number of nitrogens with zero attached hydrogens (tertiary/aromatic N) is 1. The lowest BCUT2D eigenvalue weighted by molar-refractivity contribution is -0.123. The van der Waals surface area contributed by atoms with E-state index in [2.05, 4.69) is 44.2 Å². The van der Waals surface area contributed by atoms with Gasteiger partial charge in [-0.15, -0.1) is 0 Å². The minimum absolute atomic E-state index is 0.250. The Kier molecular flexibility index (Phi) is 9.37. The highest BCUT2D eigenvalue weighted by Gasteiger charge is 2.34. The monoisotopic (exact) mass is 612 g/mol. The van der Waals surface area contributed by atoms with Crippen LogP contribution in [0.2, 0.25) is 0 Å². The predicted molar refractivity (Wildman–Crippen MR) is 142 cm³/mol. The third-order valence-electron chi connectivity index (χ3n) is 4.49. The Balaban J connectivity index is 1.80. The quantitative estimate of drug-likeness (QED) is 0.202. The van der Waals surface area contributed by atoms with E-state index in [4.69, 9.17) is 21.7 Å². The standard InChI is InChI=1S/C23H22Br2N2O4S2/c1-3-5-10-31-20-17(25)11-14(12-18(20)30-4-2)13-19-22(29)27(23(32)33-19)26-21(28)15-6-8-16(24)9-7-15/h6-9,11-13H,3-5,10H2,1-2H3,(H,26,28)/b19-13-. The zero-order valence-electron chi connectivity index (χ0n) is 18.0. The molecule has 1 N–H and O–H groups in total. The number of amides is 2. The van der Waals surface area contributed by atoms with Gasteiger partial charge >= 0.3 is 0 Å². The van der Waals surface area contributed by atoms with Crippen molar-refractivity contribution in [1.82, 2.24) is 10.4 Å². The number of thioether (sulfide) groups is 1. The fourth-order valence-electron chi connectivity index (χ4n) is 2.88. The molecule has 0 unspecified atom stereocenters. The fourth-order valence-corrected chi connectivity index (χ4v) is 4.89. The van der Waals surface area contributed by atoms with Gasteiger partial charge in [-0.3, -0.25) is 15.0 Å². The summed E-state index contributed by atoms with van der Waals surface area (Å²) in [7, 11) is 0. The number of ether oxygens (including phenoxy) is 2. The number of carbonyl (C=O) groups is 2. The smallest absolute Gasteiger partial charge is 0.285 e. The minimum atomic E-state index is -0.421.